The number of carbonyl (C=O) groups is 1. The van der Waals surface area contributed by atoms with Gasteiger partial charge < -0.3 is 5.32 Å². The van der Waals surface area contributed by atoms with Crippen molar-refractivity contribution in [3.63, 3.8) is 0 Å². The molecule has 2 rings (SSSR count). The first kappa shape index (κ1) is 17.0. The van der Waals surface area contributed by atoms with Crippen LogP contribution in [0.3, 0.4) is 0 Å². The van der Waals surface area contributed by atoms with E-state index in [-0.39, 0.29) is 11.9 Å². The number of hydrogen-bond donors (Lipinski definition) is 2. The van der Waals surface area contributed by atoms with Gasteiger partial charge in [0.15, 0.2) is 5.82 Å². The second-order valence-electron chi connectivity index (χ2n) is 4.82. The molecule has 2 aromatic rings. The first-order valence-corrected chi connectivity index (χ1v) is 9.01. The molecule has 0 atom stereocenters. The second-order valence-corrected chi connectivity index (χ2v) is 6.61. The molecule has 0 unspecified atom stereocenters. The van der Waals surface area contributed by atoms with Gasteiger partial charge in [-0.1, -0.05) is 59.7 Å². The van der Waals surface area contributed by atoms with Crippen LogP contribution in [-0.2, 0) is 4.79 Å². The number of hydrogen-bond acceptors (Lipinski definition) is 4. The summed E-state index contributed by atoms with van der Waals surface area (Å²) in [4.78, 5) is 16.3. The second kappa shape index (κ2) is 8.33. The van der Waals surface area contributed by atoms with E-state index in [1.54, 1.807) is 0 Å². The van der Waals surface area contributed by atoms with Gasteiger partial charge >= 0.3 is 0 Å². The zero-order valence-electron chi connectivity index (χ0n) is 12.6. The van der Waals surface area contributed by atoms with E-state index in [1.807, 2.05) is 24.3 Å². The summed E-state index contributed by atoms with van der Waals surface area (Å²) in [5, 5.41) is 10.6. The number of aromatic nitrogens is 3. The summed E-state index contributed by atoms with van der Waals surface area (Å²) < 4.78 is 0.953. The molecule has 0 bridgehead atoms. The Balaban J connectivity index is 1.93. The van der Waals surface area contributed by atoms with Gasteiger partial charge in [0.05, 0.1) is 5.75 Å². The Morgan fingerprint density at radius 3 is 2.77 bits per heavy atom. The van der Waals surface area contributed by atoms with Crippen LogP contribution in [0.2, 0.25) is 0 Å². The van der Waals surface area contributed by atoms with Gasteiger partial charge in [-0.25, -0.2) is 4.98 Å². The highest BCUT2D eigenvalue weighted by molar-refractivity contribution is 9.10. The van der Waals surface area contributed by atoms with Crippen LogP contribution in [0.4, 0.5) is 0 Å². The fourth-order valence-corrected chi connectivity index (χ4v) is 3.06. The highest BCUT2D eigenvalue weighted by Crippen LogP contribution is 2.26. The fraction of sp³-hybridized carbons (Fsp3) is 0.400. The van der Waals surface area contributed by atoms with Gasteiger partial charge in [0.25, 0.3) is 0 Å². The molecule has 2 N–H and O–H groups in total. The average Bonchev–Trinajstić information content (AvgIpc) is 2.99. The van der Waals surface area contributed by atoms with E-state index in [4.69, 9.17) is 0 Å². The van der Waals surface area contributed by atoms with Crippen LogP contribution in [0.15, 0.2) is 33.9 Å². The molecule has 22 heavy (non-hydrogen) atoms. The van der Waals surface area contributed by atoms with Gasteiger partial charge in [0.2, 0.25) is 11.1 Å². The minimum Gasteiger partial charge on any atom is -0.353 e. The maximum absolute atomic E-state index is 11.9. The molecule has 0 radical (unpaired) electrons. The zero-order chi connectivity index (χ0) is 15.9. The predicted molar refractivity (Wildman–Crippen MR) is 92.8 cm³/mol. The number of aromatic amines is 1. The highest BCUT2D eigenvalue weighted by atomic mass is 79.9. The van der Waals surface area contributed by atoms with Crippen molar-refractivity contribution in [1.82, 2.24) is 20.5 Å². The molecular weight excluding hydrogens is 364 g/mol. The van der Waals surface area contributed by atoms with Gasteiger partial charge in [-0.05, 0) is 18.9 Å². The molecule has 1 amide bonds. The number of benzene rings is 1. The minimum atomic E-state index is 0.0194. The molecular formula is C15H19BrN4OS. The molecule has 0 saturated heterocycles. The van der Waals surface area contributed by atoms with E-state index >= 15 is 0 Å². The van der Waals surface area contributed by atoms with Crippen LogP contribution in [0.25, 0.3) is 11.4 Å². The summed E-state index contributed by atoms with van der Waals surface area (Å²) in [5.41, 5.74) is 0.948. The summed E-state index contributed by atoms with van der Waals surface area (Å²) in [7, 11) is 0. The third-order valence-corrected chi connectivity index (χ3v) is 4.82. The van der Waals surface area contributed by atoms with E-state index in [9.17, 15) is 4.79 Å². The fourth-order valence-electron chi connectivity index (χ4n) is 1.98. The lowest BCUT2D eigenvalue weighted by Crippen LogP contribution is -2.35. The maximum Gasteiger partial charge on any atom is 0.230 e. The zero-order valence-corrected chi connectivity index (χ0v) is 15.0. The van der Waals surface area contributed by atoms with Gasteiger partial charge in [-0.2, -0.15) is 0 Å². The predicted octanol–water partition coefficient (Wildman–Crippen LogP) is 3.63. The maximum atomic E-state index is 11.9. The molecule has 0 saturated carbocycles. The Morgan fingerprint density at radius 2 is 2.09 bits per heavy atom. The van der Waals surface area contributed by atoms with Crippen molar-refractivity contribution in [2.24, 2.45) is 0 Å². The summed E-state index contributed by atoms with van der Waals surface area (Å²) in [5.74, 6) is 1.03. The van der Waals surface area contributed by atoms with Crippen molar-refractivity contribution in [3.05, 3.63) is 28.7 Å². The molecule has 7 heteroatoms. The number of amides is 1. The summed E-state index contributed by atoms with van der Waals surface area (Å²) >= 11 is 4.82. The molecule has 0 aliphatic rings. The van der Waals surface area contributed by atoms with E-state index in [0.29, 0.717) is 16.7 Å². The SMILES string of the molecule is CCC(CC)NC(=O)CSc1n[nH]c(-c2ccccc2Br)n1. The molecule has 0 aliphatic carbocycles. The number of nitrogens with zero attached hydrogens (tertiary/aromatic N) is 2. The summed E-state index contributed by atoms with van der Waals surface area (Å²) in [6.45, 7) is 4.14. The Hall–Kier alpha value is -1.34. The largest absolute Gasteiger partial charge is 0.353 e. The van der Waals surface area contributed by atoms with Crippen LogP contribution in [0.5, 0.6) is 0 Å². The monoisotopic (exact) mass is 382 g/mol. The topological polar surface area (TPSA) is 70.7 Å². The van der Waals surface area contributed by atoms with E-state index in [0.717, 1.165) is 22.9 Å². The number of rotatable bonds is 7. The Morgan fingerprint density at radius 1 is 1.36 bits per heavy atom. The van der Waals surface area contributed by atoms with E-state index in [1.165, 1.54) is 11.8 Å². The summed E-state index contributed by atoms with van der Waals surface area (Å²) in [6.07, 6.45) is 1.89. The van der Waals surface area contributed by atoms with Crippen LogP contribution in [0, 0.1) is 0 Å². The lowest BCUT2D eigenvalue weighted by Gasteiger charge is -2.13. The first-order valence-electron chi connectivity index (χ1n) is 7.23. The van der Waals surface area contributed by atoms with Crippen LogP contribution >= 0.6 is 27.7 Å². The molecule has 0 fully saturated rings. The van der Waals surface area contributed by atoms with Crippen molar-refractivity contribution in [2.75, 3.05) is 5.75 Å². The minimum absolute atomic E-state index is 0.0194. The van der Waals surface area contributed by atoms with E-state index in [2.05, 4.69) is 50.3 Å². The average molecular weight is 383 g/mol. The Kier molecular flexibility index (Phi) is 6.45. The number of nitrogens with one attached hydrogen (secondary N) is 2. The molecule has 5 nitrogen and oxygen atoms in total. The normalized spacial score (nSPS) is 10.9. The van der Waals surface area contributed by atoms with Crippen LogP contribution < -0.4 is 5.32 Å². The van der Waals surface area contributed by atoms with Gasteiger partial charge in [-0.3, -0.25) is 9.89 Å². The quantitative estimate of drug-likeness (QED) is 0.717. The molecule has 1 aromatic carbocycles. The van der Waals surface area contributed by atoms with Crippen LogP contribution in [0.1, 0.15) is 26.7 Å². The van der Waals surface area contributed by atoms with Crippen molar-refractivity contribution < 1.29 is 4.79 Å². The smallest absolute Gasteiger partial charge is 0.230 e. The van der Waals surface area contributed by atoms with Crippen molar-refractivity contribution in [2.45, 2.75) is 37.9 Å². The van der Waals surface area contributed by atoms with Gasteiger partial charge in [0.1, 0.15) is 0 Å². The summed E-state index contributed by atoms with van der Waals surface area (Å²) in [6, 6.07) is 8.04. The van der Waals surface area contributed by atoms with E-state index < -0.39 is 0 Å². The lowest BCUT2D eigenvalue weighted by atomic mass is 10.2. The number of halogens is 1. The van der Waals surface area contributed by atoms with Crippen molar-refractivity contribution in [1.29, 1.82) is 0 Å². The molecule has 0 spiro atoms. The third-order valence-electron chi connectivity index (χ3n) is 3.28. The van der Waals surface area contributed by atoms with Gasteiger partial charge in [0, 0.05) is 16.1 Å². The highest BCUT2D eigenvalue weighted by Gasteiger charge is 2.12. The molecule has 1 heterocycles. The molecule has 1 aromatic heterocycles. The number of carbonyl (C=O) groups excluding carboxylic acids is 1. The molecule has 118 valence electrons. The standard InChI is InChI=1S/C15H19BrN4OS/c1-3-10(4-2)17-13(21)9-22-15-18-14(19-20-15)11-7-5-6-8-12(11)16/h5-8,10H,3-4,9H2,1-2H3,(H,17,21)(H,18,19,20). The van der Waals surface area contributed by atoms with Crippen molar-refractivity contribution >= 4 is 33.6 Å². The Labute approximate surface area is 142 Å². The Bertz CT molecular complexity index is 628. The number of H-pyrrole nitrogens is 1. The molecule has 0 aliphatic heterocycles. The number of thioether (sulfide) groups is 1. The van der Waals surface area contributed by atoms with Crippen LogP contribution in [-0.4, -0.2) is 32.9 Å². The lowest BCUT2D eigenvalue weighted by molar-refractivity contribution is -0.119. The van der Waals surface area contributed by atoms with Crippen molar-refractivity contribution in [3.8, 4) is 11.4 Å². The van der Waals surface area contributed by atoms with Gasteiger partial charge in [-0.15, -0.1) is 5.10 Å². The third kappa shape index (κ3) is 4.58. The first-order chi connectivity index (χ1) is 10.6.